The van der Waals surface area contributed by atoms with Gasteiger partial charge in [0.25, 0.3) is 5.91 Å². The highest BCUT2D eigenvalue weighted by Gasteiger charge is 2.22. The predicted molar refractivity (Wildman–Crippen MR) is 115 cm³/mol. The molecule has 0 fully saturated rings. The van der Waals surface area contributed by atoms with Gasteiger partial charge in [0.05, 0.1) is 13.2 Å². The van der Waals surface area contributed by atoms with Gasteiger partial charge in [-0.1, -0.05) is 31.0 Å². The molecule has 6 heteroatoms. The Morgan fingerprint density at radius 2 is 1.79 bits per heavy atom. The van der Waals surface area contributed by atoms with Crippen LogP contribution in [0.4, 0.5) is 0 Å². The number of carbonyl (C=O) groups is 2. The standard InChI is InChI=1S/C23H33N3O3/c1-5-6-14-25(17-21-8-7-13-24(21)3)22(27)18-26(15-16-29-4)23(28)20-11-9-19(2)10-12-20/h7-13H,5-6,14-18H2,1-4H3. The van der Waals surface area contributed by atoms with E-state index >= 15 is 0 Å². The second kappa shape index (κ2) is 11.4. The minimum Gasteiger partial charge on any atom is -0.383 e. The van der Waals surface area contributed by atoms with Gasteiger partial charge in [0.15, 0.2) is 0 Å². The summed E-state index contributed by atoms with van der Waals surface area (Å²) in [5.41, 5.74) is 2.75. The monoisotopic (exact) mass is 399 g/mol. The molecule has 6 nitrogen and oxygen atoms in total. The summed E-state index contributed by atoms with van der Waals surface area (Å²) in [6, 6.07) is 11.4. The number of rotatable bonds is 11. The molecule has 1 aromatic heterocycles. The zero-order chi connectivity index (χ0) is 21.2. The Labute approximate surface area is 174 Å². The Bertz CT molecular complexity index is 783. The van der Waals surface area contributed by atoms with Gasteiger partial charge in [-0.15, -0.1) is 0 Å². The van der Waals surface area contributed by atoms with Gasteiger partial charge >= 0.3 is 0 Å². The van der Waals surface area contributed by atoms with Crippen molar-refractivity contribution in [1.29, 1.82) is 0 Å². The highest BCUT2D eigenvalue weighted by atomic mass is 16.5. The van der Waals surface area contributed by atoms with E-state index in [1.165, 1.54) is 0 Å². The molecular weight excluding hydrogens is 366 g/mol. The first-order chi connectivity index (χ1) is 14.0. The van der Waals surface area contributed by atoms with Crippen LogP contribution in [-0.2, 0) is 23.1 Å². The van der Waals surface area contributed by atoms with Gasteiger partial charge in [-0.3, -0.25) is 9.59 Å². The summed E-state index contributed by atoms with van der Waals surface area (Å²) < 4.78 is 7.18. The van der Waals surface area contributed by atoms with Crippen molar-refractivity contribution in [2.24, 2.45) is 7.05 Å². The lowest BCUT2D eigenvalue weighted by Crippen LogP contribution is -2.44. The predicted octanol–water partition coefficient (Wildman–Crippen LogP) is 3.25. The Hall–Kier alpha value is -2.60. The number of nitrogens with zero attached hydrogens (tertiary/aromatic N) is 3. The fourth-order valence-corrected chi connectivity index (χ4v) is 3.09. The number of hydrogen-bond donors (Lipinski definition) is 0. The molecule has 0 unspecified atom stereocenters. The Balaban J connectivity index is 2.14. The Morgan fingerprint density at radius 3 is 2.38 bits per heavy atom. The number of amides is 2. The molecule has 0 bridgehead atoms. The second-order valence-corrected chi connectivity index (χ2v) is 7.36. The van der Waals surface area contributed by atoms with E-state index in [4.69, 9.17) is 4.74 Å². The van der Waals surface area contributed by atoms with Crippen LogP contribution in [0.2, 0.25) is 0 Å². The first kappa shape index (κ1) is 22.7. The van der Waals surface area contributed by atoms with Crippen molar-refractivity contribution in [3.8, 4) is 0 Å². The van der Waals surface area contributed by atoms with Gasteiger partial charge in [-0.2, -0.15) is 0 Å². The molecule has 0 N–H and O–H groups in total. The van der Waals surface area contributed by atoms with Crippen molar-refractivity contribution in [1.82, 2.24) is 14.4 Å². The van der Waals surface area contributed by atoms with Gasteiger partial charge in [0, 0.05) is 44.7 Å². The van der Waals surface area contributed by atoms with Crippen molar-refractivity contribution in [3.63, 3.8) is 0 Å². The van der Waals surface area contributed by atoms with Crippen LogP contribution in [0.15, 0.2) is 42.6 Å². The molecule has 0 aliphatic carbocycles. The molecule has 0 saturated heterocycles. The highest BCUT2D eigenvalue weighted by molar-refractivity contribution is 5.96. The zero-order valence-electron chi connectivity index (χ0n) is 18.1. The SMILES string of the molecule is CCCCN(Cc1cccn1C)C(=O)CN(CCOC)C(=O)c1ccc(C)cc1. The molecule has 2 rings (SSSR count). The summed E-state index contributed by atoms with van der Waals surface area (Å²) in [6.07, 6.45) is 3.91. The summed E-state index contributed by atoms with van der Waals surface area (Å²) in [6.45, 7) is 6.12. The van der Waals surface area contributed by atoms with E-state index in [0.29, 0.717) is 31.8 Å². The fraction of sp³-hybridized carbons (Fsp3) is 0.478. The maximum Gasteiger partial charge on any atom is 0.254 e. The fourth-order valence-electron chi connectivity index (χ4n) is 3.09. The molecule has 0 aliphatic heterocycles. The number of methoxy groups -OCH3 is 1. The van der Waals surface area contributed by atoms with Crippen LogP contribution in [0.25, 0.3) is 0 Å². The number of unbranched alkanes of at least 4 members (excludes halogenated alkanes) is 1. The molecule has 2 amide bonds. The van der Waals surface area contributed by atoms with Crippen LogP contribution >= 0.6 is 0 Å². The lowest BCUT2D eigenvalue weighted by molar-refractivity contribution is -0.132. The Morgan fingerprint density at radius 1 is 1.07 bits per heavy atom. The van der Waals surface area contributed by atoms with E-state index in [0.717, 1.165) is 24.1 Å². The van der Waals surface area contributed by atoms with E-state index in [2.05, 4.69) is 6.92 Å². The van der Waals surface area contributed by atoms with Gasteiger partial charge in [0.2, 0.25) is 5.91 Å². The van der Waals surface area contributed by atoms with Crippen molar-refractivity contribution in [2.75, 3.05) is 33.4 Å². The first-order valence-corrected chi connectivity index (χ1v) is 10.2. The third-order valence-corrected chi connectivity index (χ3v) is 5.02. The van der Waals surface area contributed by atoms with Gasteiger partial charge < -0.3 is 19.1 Å². The topological polar surface area (TPSA) is 54.8 Å². The number of aromatic nitrogens is 1. The Kier molecular flexibility index (Phi) is 8.93. The zero-order valence-corrected chi connectivity index (χ0v) is 18.1. The van der Waals surface area contributed by atoms with Gasteiger partial charge in [0.1, 0.15) is 6.54 Å². The lowest BCUT2D eigenvalue weighted by Gasteiger charge is -2.28. The average Bonchev–Trinajstić information content (AvgIpc) is 3.12. The van der Waals surface area contributed by atoms with Gasteiger partial charge in [-0.05, 0) is 37.6 Å². The third kappa shape index (κ3) is 6.75. The third-order valence-electron chi connectivity index (χ3n) is 5.02. The molecule has 1 aromatic carbocycles. The molecule has 0 spiro atoms. The van der Waals surface area contributed by atoms with Crippen molar-refractivity contribution < 1.29 is 14.3 Å². The van der Waals surface area contributed by atoms with E-state index in [9.17, 15) is 9.59 Å². The van der Waals surface area contributed by atoms with E-state index < -0.39 is 0 Å². The smallest absolute Gasteiger partial charge is 0.254 e. The number of hydrogen-bond acceptors (Lipinski definition) is 3. The van der Waals surface area contributed by atoms with Crippen LogP contribution in [0.5, 0.6) is 0 Å². The quantitative estimate of drug-likeness (QED) is 0.583. The molecular formula is C23H33N3O3. The maximum absolute atomic E-state index is 13.1. The van der Waals surface area contributed by atoms with Crippen molar-refractivity contribution in [3.05, 3.63) is 59.4 Å². The second-order valence-electron chi connectivity index (χ2n) is 7.36. The number of benzene rings is 1. The van der Waals surface area contributed by atoms with Crippen molar-refractivity contribution in [2.45, 2.75) is 33.2 Å². The summed E-state index contributed by atoms with van der Waals surface area (Å²) in [4.78, 5) is 29.6. The molecule has 2 aromatic rings. The summed E-state index contributed by atoms with van der Waals surface area (Å²) in [5.74, 6) is -0.194. The largest absolute Gasteiger partial charge is 0.383 e. The molecule has 0 aliphatic rings. The summed E-state index contributed by atoms with van der Waals surface area (Å²) in [5, 5.41) is 0. The normalized spacial score (nSPS) is 10.8. The van der Waals surface area contributed by atoms with E-state index in [-0.39, 0.29) is 18.4 Å². The molecule has 0 radical (unpaired) electrons. The average molecular weight is 400 g/mol. The summed E-state index contributed by atoms with van der Waals surface area (Å²) >= 11 is 0. The van der Waals surface area contributed by atoms with Crippen LogP contribution in [0.1, 0.15) is 41.4 Å². The molecule has 158 valence electrons. The number of aryl methyl sites for hydroxylation is 2. The van der Waals surface area contributed by atoms with Crippen LogP contribution < -0.4 is 0 Å². The summed E-state index contributed by atoms with van der Waals surface area (Å²) in [7, 11) is 3.57. The number of ether oxygens (including phenoxy) is 1. The lowest BCUT2D eigenvalue weighted by atomic mass is 10.1. The van der Waals surface area contributed by atoms with Crippen LogP contribution in [0.3, 0.4) is 0 Å². The maximum atomic E-state index is 13.1. The van der Waals surface area contributed by atoms with Crippen molar-refractivity contribution >= 4 is 11.8 Å². The van der Waals surface area contributed by atoms with E-state index in [1.54, 1.807) is 24.1 Å². The molecule has 29 heavy (non-hydrogen) atoms. The van der Waals surface area contributed by atoms with Gasteiger partial charge in [-0.25, -0.2) is 0 Å². The minimum atomic E-state index is -0.148. The molecule has 1 heterocycles. The van der Waals surface area contributed by atoms with Crippen LogP contribution in [-0.4, -0.2) is 59.5 Å². The highest BCUT2D eigenvalue weighted by Crippen LogP contribution is 2.11. The minimum absolute atomic E-state index is 0.0452. The number of carbonyl (C=O) groups excluding carboxylic acids is 2. The van der Waals surface area contributed by atoms with Crippen LogP contribution in [0, 0.1) is 6.92 Å². The molecule has 0 saturated carbocycles. The molecule has 0 atom stereocenters. The first-order valence-electron chi connectivity index (χ1n) is 10.2. The van der Waals surface area contributed by atoms with E-state index in [1.807, 2.05) is 53.9 Å².